The molecule has 0 aliphatic heterocycles. The molecular weight excluding hydrogens is 255 g/mol. The third kappa shape index (κ3) is 2.78. The Kier molecular flexibility index (Phi) is 4.00. The highest BCUT2D eigenvalue weighted by molar-refractivity contribution is 6.31. The van der Waals surface area contributed by atoms with Crippen molar-refractivity contribution in [2.24, 2.45) is 0 Å². The number of benzene rings is 1. The van der Waals surface area contributed by atoms with Gasteiger partial charge in [0.1, 0.15) is 0 Å². The van der Waals surface area contributed by atoms with Crippen molar-refractivity contribution >= 4 is 23.2 Å². The second-order valence-corrected chi connectivity index (χ2v) is 4.49. The van der Waals surface area contributed by atoms with E-state index in [4.69, 9.17) is 23.2 Å². The van der Waals surface area contributed by atoms with Gasteiger partial charge in [0, 0.05) is 11.2 Å². The fourth-order valence-corrected chi connectivity index (χ4v) is 2.19. The Labute approximate surface area is 111 Å². The van der Waals surface area contributed by atoms with Gasteiger partial charge in [0.25, 0.3) is 0 Å². The van der Waals surface area contributed by atoms with E-state index in [1.54, 1.807) is 6.20 Å². The number of nitrogens with one attached hydrogen (secondary N) is 1. The maximum Gasteiger partial charge on any atom is 0.0804 e. The highest BCUT2D eigenvalue weighted by Gasteiger charge is 2.16. The number of pyridine rings is 1. The first-order valence-electron chi connectivity index (χ1n) is 5.25. The summed E-state index contributed by atoms with van der Waals surface area (Å²) in [5.41, 5.74) is 1.85. The second-order valence-electron chi connectivity index (χ2n) is 3.65. The zero-order valence-corrected chi connectivity index (χ0v) is 10.8. The van der Waals surface area contributed by atoms with E-state index < -0.39 is 0 Å². The van der Waals surface area contributed by atoms with Crippen LogP contribution in [0.1, 0.15) is 17.3 Å². The zero-order valence-electron chi connectivity index (χ0n) is 9.32. The maximum absolute atomic E-state index is 6.15. The fourth-order valence-electron chi connectivity index (χ4n) is 1.76. The van der Waals surface area contributed by atoms with E-state index in [0.717, 1.165) is 11.3 Å². The molecule has 2 rings (SSSR count). The monoisotopic (exact) mass is 266 g/mol. The largest absolute Gasteiger partial charge is 0.308 e. The lowest BCUT2D eigenvalue weighted by Gasteiger charge is -2.17. The minimum Gasteiger partial charge on any atom is -0.308 e. The molecule has 0 amide bonds. The van der Waals surface area contributed by atoms with E-state index in [9.17, 15) is 0 Å². The van der Waals surface area contributed by atoms with E-state index in [0.29, 0.717) is 10.0 Å². The standard InChI is InChI=1S/C13H12Cl2N2/c1-16-12(9-4-2-5-10(14)8-9)13-11(15)6-3-7-17-13/h2-8,12,16H,1H3. The molecule has 1 aromatic carbocycles. The first kappa shape index (κ1) is 12.4. The van der Waals surface area contributed by atoms with Gasteiger partial charge in [0.05, 0.1) is 16.8 Å². The highest BCUT2D eigenvalue weighted by Crippen LogP contribution is 2.27. The number of nitrogens with zero attached hydrogens (tertiary/aromatic N) is 1. The fraction of sp³-hybridized carbons (Fsp3) is 0.154. The minimum atomic E-state index is -0.0533. The van der Waals surface area contributed by atoms with Crippen molar-refractivity contribution in [3.8, 4) is 0 Å². The van der Waals surface area contributed by atoms with Gasteiger partial charge in [-0.25, -0.2) is 0 Å². The minimum absolute atomic E-state index is 0.0533. The molecule has 17 heavy (non-hydrogen) atoms. The molecular formula is C13H12Cl2N2. The van der Waals surface area contributed by atoms with E-state index in [1.165, 1.54) is 0 Å². The average Bonchev–Trinajstić information content (AvgIpc) is 2.33. The topological polar surface area (TPSA) is 24.9 Å². The predicted molar refractivity (Wildman–Crippen MR) is 71.6 cm³/mol. The highest BCUT2D eigenvalue weighted by atomic mass is 35.5. The van der Waals surface area contributed by atoms with Gasteiger partial charge in [0.2, 0.25) is 0 Å². The van der Waals surface area contributed by atoms with Crippen LogP contribution < -0.4 is 5.32 Å². The van der Waals surface area contributed by atoms with Crippen molar-refractivity contribution < 1.29 is 0 Å². The average molecular weight is 267 g/mol. The van der Waals surface area contributed by atoms with E-state index in [2.05, 4.69) is 10.3 Å². The molecule has 0 aliphatic carbocycles. The summed E-state index contributed by atoms with van der Waals surface area (Å²) >= 11 is 12.1. The maximum atomic E-state index is 6.15. The number of halogens is 2. The van der Waals surface area contributed by atoms with Gasteiger partial charge in [-0.15, -0.1) is 0 Å². The summed E-state index contributed by atoms with van der Waals surface area (Å²) in [7, 11) is 1.87. The Balaban J connectivity index is 2.44. The molecule has 2 nitrogen and oxygen atoms in total. The van der Waals surface area contributed by atoms with Crippen molar-refractivity contribution in [2.45, 2.75) is 6.04 Å². The molecule has 88 valence electrons. The van der Waals surface area contributed by atoms with Crippen LogP contribution in [0, 0.1) is 0 Å². The number of hydrogen-bond donors (Lipinski definition) is 1. The van der Waals surface area contributed by atoms with Crippen molar-refractivity contribution in [2.75, 3.05) is 7.05 Å². The Morgan fingerprint density at radius 2 is 2.00 bits per heavy atom. The molecule has 0 aliphatic rings. The van der Waals surface area contributed by atoms with Crippen LogP contribution in [-0.4, -0.2) is 12.0 Å². The Hall–Kier alpha value is -1.09. The molecule has 1 aromatic heterocycles. The summed E-state index contributed by atoms with van der Waals surface area (Å²) < 4.78 is 0. The lowest BCUT2D eigenvalue weighted by Crippen LogP contribution is -2.19. The molecule has 1 atom stereocenters. The number of rotatable bonds is 3. The first-order chi connectivity index (χ1) is 8.22. The molecule has 0 saturated heterocycles. The van der Waals surface area contributed by atoms with E-state index in [-0.39, 0.29) is 6.04 Å². The molecule has 0 fully saturated rings. The summed E-state index contributed by atoms with van der Waals surface area (Å²) in [6, 6.07) is 11.3. The van der Waals surface area contributed by atoms with Crippen molar-refractivity contribution in [3.63, 3.8) is 0 Å². The quantitative estimate of drug-likeness (QED) is 0.917. The molecule has 1 heterocycles. The predicted octanol–water partition coefficient (Wildman–Crippen LogP) is 3.70. The van der Waals surface area contributed by atoms with Gasteiger partial charge >= 0.3 is 0 Å². The van der Waals surface area contributed by atoms with Crippen LogP contribution in [0.25, 0.3) is 0 Å². The van der Waals surface area contributed by atoms with Gasteiger partial charge < -0.3 is 5.32 Å². The van der Waals surface area contributed by atoms with Crippen molar-refractivity contribution in [3.05, 3.63) is 63.9 Å². The van der Waals surface area contributed by atoms with Crippen LogP contribution in [-0.2, 0) is 0 Å². The van der Waals surface area contributed by atoms with Crippen LogP contribution in [0.3, 0.4) is 0 Å². The molecule has 0 bridgehead atoms. The Morgan fingerprint density at radius 1 is 1.18 bits per heavy atom. The van der Waals surface area contributed by atoms with Crippen molar-refractivity contribution in [1.82, 2.24) is 10.3 Å². The lowest BCUT2D eigenvalue weighted by molar-refractivity contribution is 0.671. The normalized spacial score (nSPS) is 12.4. The summed E-state index contributed by atoms with van der Waals surface area (Å²) in [4.78, 5) is 4.32. The van der Waals surface area contributed by atoms with Crippen LogP contribution in [0.2, 0.25) is 10.0 Å². The smallest absolute Gasteiger partial charge is 0.0804 e. The zero-order chi connectivity index (χ0) is 12.3. The molecule has 4 heteroatoms. The molecule has 2 aromatic rings. The van der Waals surface area contributed by atoms with Crippen molar-refractivity contribution in [1.29, 1.82) is 0 Å². The van der Waals surface area contributed by atoms with E-state index in [1.807, 2.05) is 43.4 Å². The summed E-state index contributed by atoms with van der Waals surface area (Å²) in [6.07, 6.45) is 1.73. The van der Waals surface area contributed by atoms with Crippen LogP contribution in [0.4, 0.5) is 0 Å². The summed E-state index contributed by atoms with van der Waals surface area (Å²) in [5.74, 6) is 0. The van der Waals surface area contributed by atoms with E-state index >= 15 is 0 Å². The molecule has 1 unspecified atom stereocenters. The second kappa shape index (κ2) is 5.50. The van der Waals surface area contributed by atoms with Crippen LogP contribution >= 0.6 is 23.2 Å². The van der Waals surface area contributed by atoms with Crippen LogP contribution in [0.5, 0.6) is 0 Å². The van der Waals surface area contributed by atoms with Crippen LogP contribution in [0.15, 0.2) is 42.6 Å². The van der Waals surface area contributed by atoms with Gasteiger partial charge in [0.15, 0.2) is 0 Å². The lowest BCUT2D eigenvalue weighted by atomic mass is 10.0. The molecule has 0 saturated carbocycles. The number of aromatic nitrogens is 1. The first-order valence-corrected chi connectivity index (χ1v) is 6.01. The third-order valence-electron chi connectivity index (χ3n) is 2.53. The molecule has 1 N–H and O–H groups in total. The van der Waals surface area contributed by atoms with Gasteiger partial charge in [-0.3, -0.25) is 4.98 Å². The molecule has 0 spiro atoms. The summed E-state index contributed by atoms with van der Waals surface area (Å²) in [5, 5.41) is 4.55. The SMILES string of the molecule is CNC(c1cccc(Cl)c1)c1ncccc1Cl. The number of hydrogen-bond acceptors (Lipinski definition) is 2. The Morgan fingerprint density at radius 3 is 2.65 bits per heavy atom. The Bertz CT molecular complexity index is 514. The van der Waals surface area contributed by atoms with Gasteiger partial charge in [-0.2, -0.15) is 0 Å². The van der Waals surface area contributed by atoms with Gasteiger partial charge in [-0.1, -0.05) is 35.3 Å². The van der Waals surface area contributed by atoms with Gasteiger partial charge in [-0.05, 0) is 36.9 Å². The third-order valence-corrected chi connectivity index (χ3v) is 3.09. The molecule has 0 radical (unpaired) electrons. The summed E-state index contributed by atoms with van der Waals surface area (Å²) in [6.45, 7) is 0.